The molecule has 0 aromatic heterocycles. The van der Waals surface area contributed by atoms with Gasteiger partial charge in [-0.25, -0.2) is 4.79 Å². The monoisotopic (exact) mass is 204 g/mol. The molecule has 0 aromatic rings. The zero-order valence-electron chi connectivity index (χ0n) is 7.97. The van der Waals surface area contributed by atoms with Crippen molar-refractivity contribution in [1.29, 1.82) is 0 Å². The highest BCUT2D eigenvalue weighted by molar-refractivity contribution is 5.59. The molecule has 0 aliphatic carbocycles. The Morgan fingerprint density at radius 2 is 2.07 bits per heavy atom. The van der Waals surface area contributed by atoms with Gasteiger partial charge in [0.1, 0.15) is 24.9 Å². The first-order valence-corrected chi connectivity index (χ1v) is 4.30. The minimum atomic E-state index is -0.716. The van der Waals surface area contributed by atoms with Gasteiger partial charge in [-0.05, 0) is 0 Å². The van der Waals surface area contributed by atoms with E-state index in [1.807, 2.05) is 0 Å². The summed E-state index contributed by atoms with van der Waals surface area (Å²) in [6.07, 6.45) is -1.32. The van der Waals surface area contributed by atoms with Crippen molar-refractivity contribution in [2.75, 3.05) is 20.8 Å². The molecule has 0 spiro atoms. The zero-order chi connectivity index (χ0) is 10.1. The lowest BCUT2D eigenvalue weighted by Crippen LogP contribution is -2.26. The van der Waals surface area contributed by atoms with Crippen LogP contribution in [-0.4, -0.2) is 51.6 Å². The largest absolute Gasteiger partial charge is 0.508 e. The second-order valence-corrected chi connectivity index (χ2v) is 3.11. The van der Waals surface area contributed by atoms with Gasteiger partial charge in [-0.2, -0.15) is 0 Å². The van der Waals surface area contributed by atoms with Crippen LogP contribution in [0.25, 0.3) is 0 Å². The second-order valence-electron chi connectivity index (χ2n) is 3.11. The van der Waals surface area contributed by atoms with Crippen LogP contribution in [0.15, 0.2) is 0 Å². The first-order valence-electron chi connectivity index (χ1n) is 4.30. The number of hydrogen-bond donors (Lipinski definition) is 0. The molecular weight excluding hydrogens is 192 g/mol. The predicted molar refractivity (Wildman–Crippen MR) is 42.7 cm³/mol. The van der Waals surface area contributed by atoms with Gasteiger partial charge in [0, 0.05) is 7.11 Å². The maximum atomic E-state index is 10.7. The molecule has 2 aliphatic rings. The molecule has 2 heterocycles. The summed E-state index contributed by atoms with van der Waals surface area (Å²) >= 11 is 0. The highest BCUT2D eigenvalue weighted by atomic mass is 16.8. The number of fused-ring (bicyclic) bond motifs is 1. The summed E-state index contributed by atoms with van der Waals surface area (Å²) < 4.78 is 24.7. The summed E-state index contributed by atoms with van der Waals surface area (Å²) in [5.41, 5.74) is 0. The van der Waals surface area contributed by atoms with Gasteiger partial charge in [0.15, 0.2) is 6.29 Å². The van der Waals surface area contributed by atoms with Crippen molar-refractivity contribution in [3.05, 3.63) is 0 Å². The fourth-order valence-electron chi connectivity index (χ4n) is 1.51. The lowest BCUT2D eigenvalue weighted by Gasteiger charge is -2.15. The quantitative estimate of drug-likeness (QED) is 0.472. The summed E-state index contributed by atoms with van der Waals surface area (Å²) in [5.74, 6) is 0. The van der Waals surface area contributed by atoms with Crippen molar-refractivity contribution in [3.63, 3.8) is 0 Å². The van der Waals surface area contributed by atoms with Crippen molar-refractivity contribution >= 4 is 6.16 Å². The molecule has 4 unspecified atom stereocenters. The van der Waals surface area contributed by atoms with Crippen molar-refractivity contribution in [3.8, 4) is 0 Å². The Morgan fingerprint density at radius 3 is 2.64 bits per heavy atom. The number of carbonyl (C=O) groups is 1. The third-order valence-electron chi connectivity index (χ3n) is 2.27. The van der Waals surface area contributed by atoms with Crippen molar-refractivity contribution < 1.29 is 28.5 Å². The molecule has 0 aromatic carbocycles. The normalized spacial score (nSPS) is 39.0. The van der Waals surface area contributed by atoms with Gasteiger partial charge in [0.05, 0.1) is 7.11 Å². The molecule has 0 saturated carbocycles. The molecular formula is C8H12O6. The van der Waals surface area contributed by atoms with Crippen LogP contribution in [0.3, 0.4) is 0 Å². The van der Waals surface area contributed by atoms with E-state index in [9.17, 15) is 4.79 Å². The number of ether oxygens (including phenoxy) is 5. The van der Waals surface area contributed by atoms with E-state index in [0.717, 1.165) is 0 Å². The average Bonchev–Trinajstić information content (AvgIpc) is 2.92. The molecule has 4 atom stereocenters. The maximum Gasteiger partial charge on any atom is 0.508 e. The Labute approximate surface area is 81.0 Å². The standard InChI is InChI=1S/C8H12O6/c1-10-7-6-5(14-6)4(13-7)3-12-8(9)11-2/h4-7H,3H2,1-2H3. The Bertz CT molecular complexity index is 230. The van der Waals surface area contributed by atoms with Gasteiger partial charge < -0.3 is 23.7 Å². The molecule has 0 amide bonds. The van der Waals surface area contributed by atoms with Gasteiger partial charge in [-0.15, -0.1) is 0 Å². The smallest absolute Gasteiger partial charge is 0.438 e. The van der Waals surface area contributed by atoms with Gasteiger partial charge >= 0.3 is 6.16 Å². The van der Waals surface area contributed by atoms with E-state index in [0.29, 0.717) is 0 Å². The Hall–Kier alpha value is -0.850. The Balaban J connectivity index is 1.75. The first-order chi connectivity index (χ1) is 6.76. The molecule has 0 radical (unpaired) electrons. The first kappa shape index (κ1) is 9.70. The number of hydrogen-bond acceptors (Lipinski definition) is 6. The fourth-order valence-corrected chi connectivity index (χ4v) is 1.51. The van der Waals surface area contributed by atoms with Crippen LogP contribution in [0, 0.1) is 0 Å². The van der Waals surface area contributed by atoms with Crippen molar-refractivity contribution in [2.24, 2.45) is 0 Å². The fraction of sp³-hybridized carbons (Fsp3) is 0.875. The van der Waals surface area contributed by atoms with Crippen LogP contribution in [0.5, 0.6) is 0 Å². The van der Waals surface area contributed by atoms with Crippen LogP contribution < -0.4 is 0 Å². The average molecular weight is 204 g/mol. The maximum absolute atomic E-state index is 10.7. The van der Waals surface area contributed by atoms with Crippen LogP contribution in [0.4, 0.5) is 4.79 Å². The highest BCUT2D eigenvalue weighted by Gasteiger charge is 2.58. The van der Waals surface area contributed by atoms with Crippen molar-refractivity contribution in [1.82, 2.24) is 0 Å². The number of rotatable bonds is 3. The van der Waals surface area contributed by atoms with Crippen LogP contribution in [0.1, 0.15) is 0 Å². The molecule has 0 N–H and O–H groups in total. The van der Waals surface area contributed by atoms with Gasteiger partial charge in [0.2, 0.25) is 0 Å². The molecule has 0 bridgehead atoms. The van der Waals surface area contributed by atoms with Gasteiger partial charge in [0.25, 0.3) is 0 Å². The zero-order valence-corrected chi connectivity index (χ0v) is 7.97. The lowest BCUT2D eigenvalue weighted by molar-refractivity contribution is -0.167. The van der Waals surface area contributed by atoms with E-state index in [4.69, 9.17) is 18.9 Å². The van der Waals surface area contributed by atoms with E-state index >= 15 is 0 Å². The number of epoxide rings is 1. The summed E-state index contributed by atoms with van der Waals surface area (Å²) in [6.45, 7) is 0.133. The third-order valence-corrected chi connectivity index (χ3v) is 2.27. The van der Waals surface area contributed by atoms with Crippen LogP contribution >= 0.6 is 0 Å². The van der Waals surface area contributed by atoms with E-state index in [1.165, 1.54) is 7.11 Å². The minimum Gasteiger partial charge on any atom is -0.438 e. The van der Waals surface area contributed by atoms with Crippen LogP contribution in [0.2, 0.25) is 0 Å². The minimum absolute atomic E-state index is 0.00810. The van der Waals surface area contributed by atoms with E-state index < -0.39 is 6.16 Å². The van der Waals surface area contributed by atoms with Crippen LogP contribution in [-0.2, 0) is 23.7 Å². The Kier molecular flexibility index (Phi) is 2.58. The molecule has 80 valence electrons. The number of methoxy groups -OCH3 is 2. The van der Waals surface area contributed by atoms with E-state index in [1.54, 1.807) is 7.11 Å². The van der Waals surface area contributed by atoms with Crippen molar-refractivity contribution in [2.45, 2.75) is 24.6 Å². The topological polar surface area (TPSA) is 66.5 Å². The van der Waals surface area contributed by atoms with E-state index in [-0.39, 0.29) is 31.2 Å². The van der Waals surface area contributed by atoms with Gasteiger partial charge in [-0.3, -0.25) is 0 Å². The molecule has 14 heavy (non-hydrogen) atoms. The molecule has 6 nitrogen and oxygen atoms in total. The van der Waals surface area contributed by atoms with E-state index in [2.05, 4.69) is 4.74 Å². The third kappa shape index (κ3) is 1.68. The summed E-state index contributed by atoms with van der Waals surface area (Å²) in [6, 6.07) is 0. The predicted octanol–water partition coefficient (Wildman–Crippen LogP) is -0.0919. The molecule has 6 heteroatoms. The molecule has 2 rings (SSSR count). The summed E-state index contributed by atoms with van der Waals surface area (Å²) in [4.78, 5) is 10.7. The lowest BCUT2D eigenvalue weighted by atomic mass is 10.2. The molecule has 2 fully saturated rings. The highest BCUT2D eigenvalue weighted by Crippen LogP contribution is 2.39. The second kappa shape index (κ2) is 3.72. The molecule has 2 aliphatic heterocycles. The summed E-state index contributed by atoms with van der Waals surface area (Å²) in [5, 5.41) is 0. The Morgan fingerprint density at radius 1 is 1.29 bits per heavy atom. The number of carbonyl (C=O) groups excluding carboxylic acids is 1. The molecule has 2 saturated heterocycles. The summed E-state index contributed by atoms with van der Waals surface area (Å²) in [7, 11) is 2.80. The SMILES string of the molecule is COC(=O)OCC1OC(OC)C2OC12. The van der Waals surface area contributed by atoms with Gasteiger partial charge in [-0.1, -0.05) is 0 Å².